The maximum atomic E-state index is 11.2. The number of nitrogens with one attached hydrogen (secondary N) is 2. The number of amides is 1. The number of carbonyl (C=O) groups excluding carboxylic acids is 1. The summed E-state index contributed by atoms with van der Waals surface area (Å²) in [6.07, 6.45) is 0. The van der Waals surface area contributed by atoms with Gasteiger partial charge in [-0.15, -0.1) is 10.2 Å². The normalized spacial score (nSPS) is 10.4. The van der Waals surface area contributed by atoms with E-state index >= 15 is 0 Å². The number of hydrogen-bond donors (Lipinski definition) is 2. The maximum absolute atomic E-state index is 11.2. The number of para-hydroxylation sites is 1. The van der Waals surface area contributed by atoms with E-state index in [1.54, 1.807) is 11.8 Å². The number of thioether (sulfide) groups is 1. The molecule has 0 saturated heterocycles. The molecule has 2 N–H and O–H groups in total. The maximum Gasteiger partial charge on any atom is 0.221 e. The van der Waals surface area contributed by atoms with E-state index in [0.717, 1.165) is 33.1 Å². The first-order chi connectivity index (χ1) is 13.1. The van der Waals surface area contributed by atoms with Crippen LogP contribution in [-0.4, -0.2) is 35.4 Å². The molecule has 0 fully saturated rings. The number of anilines is 4. The third-order valence-electron chi connectivity index (χ3n) is 3.69. The average molecular weight is 400 g/mol. The Bertz CT molecular complexity index is 885. The van der Waals surface area contributed by atoms with Crippen molar-refractivity contribution in [3.8, 4) is 0 Å². The standard InChI is InChI=1S/C19H21N5OS2/c1-14(25)20-15-7-6-8-16(13-15)21-18-22-23-19(27-18)26-12-11-24(2)17-9-4-3-5-10-17/h3-10,13H,11-12H2,1-2H3,(H,20,25)(H,21,22). The molecule has 6 nitrogen and oxygen atoms in total. The van der Waals surface area contributed by atoms with Crippen molar-refractivity contribution in [2.75, 3.05) is 34.9 Å². The van der Waals surface area contributed by atoms with Gasteiger partial charge in [-0.2, -0.15) is 0 Å². The lowest BCUT2D eigenvalue weighted by atomic mass is 10.3. The third-order valence-corrected chi connectivity index (χ3v) is 5.64. The fourth-order valence-electron chi connectivity index (χ4n) is 2.40. The second-order valence-electron chi connectivity index (χ2n) is 5.87. The molecule has 0 unspecified atom stereocenters. The van der Waals surface area contributed by atoms with Gasteiger partial charge in [0, 0.05) is 43.3 Å². The van der Waals surface area contributed by atoms with Gasteiger partial charge in [0.05, 0.1) is 0 Å². The van der Waals surface area contributed by atoms with E-state index in [1.807, 2.05) is 42.5 Å². The van der Waals surface area contributed by atoms with E-state index in [9.17, 15) is 4.79 Å². The predicted molar refractivity (Wildman–Crippen MR) is 114 cm³/mol. The molecule has 0 radical (unpaired) electrons. The first-order valence-corrected chi connectivity index (χ1v) is 10.3. The van der Waals surface area contributed by atoms with Gasteiger partial charge in [-0.3, -0.25) is 4.79 Å². The van der Waals surface area contributed by atoms with E-state index in [2.05, 4.69) is 44.9 Å². The molecule has 0 aliphatic carbocycles. The van der Waals surface area contributed by atoms with Crippen LogP contribution < -0.4 is 15.5 Å². The van der Waals surface area contributed by atoms with Crippen molar-refractivity contribution in [3.05, 3.63) is 54.6 Å². The molecule has 3 rings (SSSR count). The Morgan fingerprint density at radius 3 is 2.67 bits per heavy atom. The zero-order valence-electron chi connectivity index (χ0n) is 15.2. The Morgan fingerprint density at radius 1 is 1.11 bits per heavy atom. The van der Waals surface area contributed by atoms with Crippen molar-refractivity contribution in [2.24, 2.45) is 0 Å². The zero-order valence-corrected chi connectivity index (χ0v) is 16.8. The average Bonchev–Trinajstić information content (AvgIpc) is 3.09. The third kappa shape index (κ3) is 5.97. The van der Waals surface area contributed by atoms with Gasteiger partial charge in [-0.1, -0.05) is 47.4 Å². The van der Waals surface area contributed by atoms with E-state index in [4.69, 9.17) is 0 Å². The zero-order chi connectivity index (χ0) is 19.1. The fourth-order valence-corrected chi connectivity index (χ4v) is 4.26. The van der Waals surface area contributed by atoms with Crippen LogP contribution in [0.15, 0.2) is 58.9 Å². The lowest BCUT2D eigenvalue weighted by Crippen LogP contribution is -2.19. The number of benzene rings is 2. The molecule has 1 heterocycles. The summed E-state index contributed by atoms with van der Waals surface area (Å²) >= 11 is 3.21. The minimum absolute atomic E-state index is 0.0952. The lowest BCUT2D eigenvalue weighted by molar-refractivity contribution is -0.114. The highest BCUT2D eigenvalue weighted by Crippen LogP contribution is 2.28. The SMILES string of the molecule is CC(=O)Nc1cccc(Nc2nnc(SCCN(C)c3ccccc3)s2)c1. The molecule has 0 aliphatic heterocycles. The van der Waals surface area contributed by atoms with Crippen LogP contribution in [0.5, 0.6) is 0 Å². The van der Waals surface area contributed by atoms with Crippen molar-refractivity contribution in [1.29, 1.82) is 0 Å². The highest BCUT2D eigenvalue weighted by Gasteiger charge is 2.07. The van der Waals surface area contributed by atoms with Crippen LogP contribution in [0, 0.1) is 0 Å². The first kappa shape index (κ1) is 19.2. The molecular formula is C19H21N5OS2. The van der Waals surface area contributed by atoms with Gasteiger partial charge in [0.1, 0.15) is 0 Å². The molecule has 0 aliphatic rings. The van der Waals surface area contributed by atoms with Gasteiger partial charge in [-0.25, -0.2) is 0 Å². The molecule has 27 heavy (non-hydrogen) atoms. The number of carbonyl (C=O) groups is 1. The van der Waals surface area contributed by atoms with Gasteiger partial charge >= 0.3 is 0 Å². The molecule has 0 atom stereocenters. The summed E-state index contributed by atoms with van der Waals surface area (Å²) in [4.78, 5) is 13.4. The van der Waals surface area contributed by atoms with Crippen LogP contribution in [0.3, 0.4) is 0 Å². The predicted octanol–water partition coefficient (Wildman–Crippen LogP) is 4.47. The van der Waals surface area contributed by atoms with Gasteiger partial charge in [0.15, 0.2) is 4.34 Å². The quantitative estimate of drug-likeness (QED) is 0.545. The fraction of sp³-hybridized carbons (Fsp3) is 0.211. The highest BCUT2D eigenvalue weighted by molar-refractivity contribution is 8.01. The molecule has 1 amide bonds. The Kier molecular flexibility index (Phi) is 6.67. The molecule has 8 heteroatoms. The van der Waals surface area contributed by atoms with Crippen LogP contribution >= 0.6 is 23.1 Å². The van der Waals surface area contributed by atoms with E-state index < -0.39 is 0 Å². The summed E-state index contributed by atoms with van der Waals surface area (Å²) in [6, 6.07) is 17.8. The minimum atomic E-state index is -0.0952. The summed E-state index contributed by atoms with van der Waals surface area (Å²) in [6.45, 7) is 2.42. The van der Waals surface area contributed by atoms with Crippen molar-refractivity contribution >= 4 is 51.2 Å². The molecule has 1 aromatic heterocycles. The second kappa shape index (κ2) is 9.38. The van der Waals surface area contributed by atoms with E-state index in [0.29, 0.717) is 0 Å². The smallest absolute Gasteiger partial charge is 0.221 e. The molecule has 3 aromatic rings. The molecule has 0 saturated carbocycles. The summed E-state index contributed by atoms with van der Waals surface area (Å²) in [5, 5.41) is 15.2. The highest BCUT2D eigenvalue weighted by atomic mass is 32.2. The van der Waals surface area contributed by atoms with Crippen LogP contribution in [0.2, 0.25) is 0 Å². The van der Waals surface area contributed by atoms with Crippen LogP contribution in [0.4, 0.5) is 22.2 Å². The summed E-state index contributed by atoms with van der Waals surface area (Å²) in [7, 11) is 2.09. The van der Waals surface area contributed by atoms with Crippen LogP contribution in [0.25, 0.3) is 0 Å². The summed E-state index contributed by atoms with van der Waals surface area (Å²) in [5.74, 6) is 0.833. The minimum Gasteiger partial charge on any atom is -0.374 e. The van der Waals surface area contributed by atoms with Gasteiger partial charge < -0.3 is 15.5 Å². The molecular weight excluding hydrogens is 378 g/mol. The number of hydrogen-bond acceptors (Lipinski definition) is 7. The number of nitrogens with zero attached hydrogens (tertiary/aromatic N) is 3. The van der Waals surface area contributed by atoms with Crippen molar-refractivity contribution in [2.45, 2.75) is 11.3 Å². The van der Waals surface area contributed by atoms with Crippen molar-refractivity contribution < 1.29 is 4.79 Å². The van der Waals surface area contributed by atoms with Gasteiger partial charge in [0.2, 0.25) is 11.0 Å². The van der Waals surface area contributed by atoms with Crippen molar-refractivity contribution in [3.63, 3.8) is 0 Å². The first-order valence-electron chi connectivity index (χ1n) is 8.47. The summed E-state index contributed by atoms with van der Waals surface area (Å²) < 4.78 is 0.928. The topological polar surface area (TPSA) is 70.1 Å². The molecule has 0 spiro atoms. The van der Waals surface area contributed by atoms with Crippen LogP contribution in [0.1, 0.15) is 6.92 Å². The largest absolute Gasteiger partial charge is 0.374 e. The lowest BCUT2D eigenvalue weighted by Gasteiger charge is -2.18. The van der Waals surface area contributed by atoms with Gasteiger partial charge in [0.25, 0.3) is 0 Å². The number of aromatic nitrogens is 2. The monoisotopic (exact) mass is 399 g/mol. The molecule has 0 bridgehead atoms. The second-order valence-corrected chi connectivity index (χ2v) is 8.19. The van der Waals surface area contributed by atoms with E-state index in [-0.39, 0.29) is 5.91 Å². The van der Waals surface area contributed by atoms with Gasteiger partial charge in [-0.05, 0) is 30.3 Å². The van der Waals surface area contributed by atoms with Crippen LogP contribution in [-0.2, 0) is 4.79 Å². The van der Waals surface area contributed by atoms with E-state index in [1.165, 1.54) is 23.9 Å². The molecule has 140 valence electrons. The number of rotatable bonds is 8. The summed E-state index contributed by atoms with van der Waals surface area (Å²) in [5.41, 5.74) is 2.81. The Morgan fingerprint density at radius 2 is 1.89 bits per heavy atom. The Hall–Kier alpha value is -2.58. The van der Waals surface area contributed by atoms with Crippen molar-refractivity contribution in [1.82, 2.24) is 10.2 Å². The molecule has 2 aromatic carbocycles. The Labute approximate surface area is 167 Å². The Balaban J connectivity index is 1.50.